The number of carbonyl (C=O) groups is 1. The maximum atomic E-state index is 11.5. The first-order chi connectivity index (χ1) is 8.72. The van der Waals surface area contributed by atoms with E-state index < -0.39 is 6.10 Å². The minimum atomic E-state index is -0.411. The fraction of sp³-hybridized carbons (Fsp3) is 0.500. The van der Waals surface area contributed by atoms with E-state index in [1.807, 2.05) is 18.2 Å². The number of fused-ring (bicyclic) bond motifs is 1. The van der Waals surface area contributed by atoms with Gasteiger partial charge in [-0.25, -0.2) is 0 Å². The molecule has 1 aliphatic heterocycles. The highest BCUT2D eigenvalue weighted by Crippen LogP contribution is 2.33. The Bertz CT molecular complexity index is 469. The summed E-state index contributed by atoms with van der Waals surface area (Å²) in [6, 6.07) is 5.86. The number of nitrogens with one attached hydrogen (secondary N) is 2. The van der Waals surface area contributed by atoms with E-state index in [4.69, 9.17) is 4.74 Å². The molecular weight excluding hydrogens is 228 g/mol. The van der Waals surface area contributed by atoms with E-state index >= 15 is 0 Å². The largest absolute Gasteiger partial charge is 0.479 e. The lowest BCUT2D eigenvalue weighted by Crippen LogP contribution is -2.34. The van der Waals surface area contributed by atoms with Crippen molar-refractivity contribution in [3.05, 3.63) is 18.2 Å². The van der Waals surface area contributed by atoms with Gasteiger partial charge in [0.15, 0.2) is 6.10 Å². The van der Waals surface area contributed by atoms with Crippen LogP contribution in [0.5, 0.6) is 5.75 Å². The Labute approximate surface area is 107 Å². The predicted octanol–water partition coefficient (Wildman–Crippen LogP) is 2.62. The smallest absolute Gasteiger partial charge is 0.265 e. The Morgan fingerprint density at radius 2 is 2.28 bits per heavy atom. The average molecular weight is 246 g/mol. The van der Waals surface area contributed by atoms with Crippen LogP contribution in [0.1, 0.15) is 26.2 Å². The highest BCUT2D eigenvalue weighted by Gasteiger charge is 2.23. The van der Waals surface area contributed by atoms with Crippen LogP contribution in [-0.4, -0.2) is 18.6 Å². The van der Waals surface area contributed by atoms with Crippen LogP contribution in [0, 0.1) is 5.92 Å². The predicted molar refractivity (Wildman–Crippen MR) is 71.0 cm³/mol. The van der Waals surface area contributed by atoms with Crippen LogP contribution in [0.15, 0.2) is 18.2 Å². The summed E-state index contributed by atoms with van der Waals surface area (Å²) in [4.78, 5) is 11.5. The number of carbonyl (C=O) groups excluding carboxylic acids is 1. The van der Waals surface area contributed by atoms with Crippen molar-refractivity contribution in [3.63, 3.8) is 0 Å². The molecule has 1 atom stereocenters. The second-order valence-corrected chi connectivity index (χ2v) is 5.14. The molecule has 3 rings (SSSR count). The second-order valence-electron chi connectivity index (χ2n) is 5.14. The molecule has 0 aromatic heterocycles. The summed E-state index contributed by atoms with van der Waals surface area (Å²) in [6.07, 6.45) is 3.61. The summed E-state index contributed by atoms with van der Waals surface area (Å²) in [5.41, 5.74) is 1.80. The van der Waals surface area contributed by atoms with E-state index in [0.29, 0.717) is 0 Å². The van der Waals surface area contributed by atoms with E-state index in [0.717, 1.165) is 29.6 Å². The minimum Gasteiger partial charge on any atom is -0.479 e. The topological polar surface area (TPSA) is 50.4 Å². The number of hydrogen-bond donors (Lipinski definition) is 2. The maximum Gasteiger partial charge on any atom is 0.265 e. The van der Waals surface area contributed by atoms with Gasteiger partial charge in [0, 0.05) is 12.2 Å². The Morgan fingerprint density at radius 1 is 1.44 bits per heavy atom. The molecule has 0 spiro atoms. The molecule has 0 saturated heterocycles. The van der Waals surface area contributed by atoms with E-state index in [-0.39, 0.29) is 5.91 Å². The zero-order chi connectivity index (χ0) is 12.5. The molecule has 1 aliphatic carbocycles. The molecule has 96 valence electrons. The van der Waals surface area contributed by atoms with Gasteiger partial charge < -0.3 is 15.4 Å². The summed E-state index contributed by atoms with van der Waals surface area (Å²) in [6.45, 7) is 2.77. The fourth-order valence-corrected chi connectivity index (χ4v) is 2.28. The first-order valence-electron chi connectivity index (χ1n) is 6.58. The van der Waals surface area contributed by atoms with Gasteiger partial charge in [-0.15, -0.1) is 0 Å². The first kappa shape index (κ1) is 11.4. The van der Waals surface area contributed by atoms with Gasteiger partial charge in [-0.05, 0) is 43.9 Å². The normalized spacial score (nSPS) is 22.5. The van der Waals surface area contributed by atoms with Crippen LogP contribution in [0.25, 0.3) is 0 Å². The lowest BCUT2D eigenvalue weighted by molar-refractivity contribution is -0.122. The molecule has 1 aromatic rings. The average Bonchev–Trinajstić information content (AvgIpc) is 2.29. The molecule has 4 nitrogen and oxygen atoms in total. The monoisotopic (exact) mass is 246 g/mol. The second kappa shape index (κ2) is 4.52. The third kappa shape index (κ3) is 2.15. The molecule has 2 aliphatic rings. The van der Waals surface area contributed by atoms with Crippen molar-refractivity contribution < 1.29 is 9.53 Å². The van der Waals surface area contributed by atoms with E-state index in [2.05, 4.69) is 10.6 Å². The van der Waals surface area contributed by atoms with Gasteiger partial charge in [-0.1, -0.05) is 6.42 Å². The van der Waals surface area contributed by atoms with Crippen molar-refractivity contribution in [2.45, 2.75) is 32.3 Å². The lowest BCUT2D eigenvalue weighted by Gasteiger charge is -2.27. The molecule has 2 N–H and O–H groups in total. The van der Waals surface area contributed by atoms with Crippen molar-refractivity contribution in [2.24, 2.45) is 5.92 Å². The molecule has 0 radical (unpaired) electrons. The molecule has 1 amide bonds. The van der Waals surface area contributed by atoms with Gasteiger partial charge in [-0.3, -0.25) is 4.79 Å². The Morgan fingerprint density at radius 3 is 3.00 bits per heavy atom. The van der Waals surface area contributed by atoms with Gasteiger partial charge in [0.05, 0.1) is 5.69 Å². The summed E-state index contributed by atoms with van der Waals surface area (Å²) in [7, 11) is 0. The molecule has 1 saturated carbocycles. The number of amides is 1. The van der Waals surface area contributed by atoms with Crippen LogP contribution in [0.2, 0.25) is 0 Å². The van der Waals surface area contributed by atoms with Gasteiger partial charge in [0.1, 0.15) is 5.75 Å². The highest BCUT2D eigenvalue weighted by molar-refractivity contribution is 5.98. The third-order valence-corrected chi connectivity index (χ3v) is 3.73. The standard InChI is InChI=1S/C14H18N2O2/c1-9-14(17)16-12-7-11(5-6-13(12)18-9)15-8-10-3-2-4-10/h5-7,9-10,15H,2-4,8H2,1H3,(H,16,17). The fourth-order valence-electron chi connectivity index (χ4n) is 2.28. The minimum absolute atomic E-state index is 0.0846. The Hall–Kier alpha value is -1.71. The summed E-state index contributed by atoms with van der Waals surface area (Å²) in [5, 5.41) is 6.28. The van der Waals surface area contributed by atoms with Crippen LogP contribution in [-0.2, 0) is 4.79 Å². The highest BCUT2D eigenvalue weighted by atomic mass is 16.5. The molecule has 0 bridgehead atoms. The van der Waals surface area contributed by atoms with Gasteiger partial charge in [0.25, 0.3) is 5.91 Å². The molecule has 18 heavy (non-hydrogen) atoms. The van der Waals surface area contributed by atoms with E-state index in [9.17, 15) is 4.79 Å². The van der Waals surface area contributed by atoms with Gasteiger partial charge >= 0.3 is 0 Å². The third-order valence-electron chi connectivity index (χ3n) is 3.73. The quantitative estimate of drug-likeness (QED) is 0.862. The first-order valence-corrected chi connectivity index (χ1v) is 6.58. The molecule has 1 fully saturated rings. The summed E-state index contributed by atoms with van der Waals surface area (Å²) < 4.78 is 5.52. The maximum absolute atomic E-state index is 11.5. The lowest BCUT2D eigenvalue weighted by atomic mass is 9.85. The summed E-state index contributed by atoms with van der Waals surface area (Å²) >= 11 is 0. The molecule has 1 unspecified atom stereocenters. The van der Waals surface area contributed by atoms with Crippen molar-refractivity contribution in [1.29, 1.82) is 0 Å². The number of hydrogen-bond acceptors (Lipinski definition) is 3. The van der Waals surface area contributed by atoms with Crippen molar-refractivity contribution >= 4 is 17.3 Å². The molecule has 4 heteroatoms. The van der Waals surface area contributed by atoms with Crippen molar-refractivity contribution in [2.75, 3.05) is 17.2 Å². The van der Waals surface area contributed by atoms with E-state index in [1.165, 1.54) is 19.3 Å². The SMILES string of the molecule is CC1Oc2ccc(NCC3CCC3)cc2NC1=O. The van der Waals surface area contributed by atoms with Crippen LogP contribution in [0.3, 0.4) is 0 Å². The zero-order valence-corrected chi connectivity index (χ0v) is 10.5. The molecular formula is C14H18N2O2. The Kier molecular flexibility index (Phi) is 2.86. The number of benzene rings is 1. The zero-order valence-electron chi connectivity index (χ0n) is 10.5. The van der Waals surface area contributed by atoms with Crippen molar-refractivity contribution in [3.8, 4) is 5.75 Å². The number of anilines is 2. The van der Waals surface area contributed by atoms with Crippen LogP contribution >= 0.6 is 0 Å². The van der Waals surface area contributed by atoms with Crippen molar-refractivity contribution in [1.82, 2.24) is 0 Å². The molecule has 1 heterocycles. The van der Waals surface area contributed by atoms with Crippen LogP contribution in [0.4, 0.5) is 11.4 Å². The van der Waals surface area contributed by atoms with Gasteiger partial charge in [-0.2, -0.15) is 0 Å². The summed E-state index contributed by atoms with van der Waals surface area (Å²) in [5.74, 6) is 1.47. The van der Waals surface area contributed by atoms with E-state index in [1.54, 1.807) is 6.92 Å². The Balaban J connectivity index is 1.70. The molecule has 1 aromatic carbocycles. The van der Waals surface area contributed by atoms with Gasteiger partial charge in [0.2, 0.25) is 0 Å². The van der Waals surface area contributed by atoms with Crippen LogP contribution < -0.4 is 15.4 Å². The number of ether oxygens (including phenoxy) is 1. The number of rotatable bonds is 3.